The molecule has 1 atom stereocenters. The van der Waals surface area contributed by atoms with Crippen LogP contribution in [0.5, 0.6) is 0 Å². The molecule has 3 aliphatic rings. The van der Waals surface area contributed by atoms with E-state index in [1.165, 1.54) is 0 Å². The van der Waals surface area contributed by atoms with Crippen LogP contribution >= 0.6 is 0 Å². The molecule has 0 bridgehead atoms. The molecule has 4 amide bonds. The molecule has 4 rings (SSSR count). The van der Waals surface area contributed by atoms with E-state index in [9.17, 15) is 19.2 Å². The normalized spacial score (nSPS) is 20.9. The quantitative estimate of drug-likeness (QED) is 0.707. The zero-order valence-corrected chi connectivity index (χ0v) is 17.4. The smallest absolute Gasteiger partial charge is 0.254 e. The number of piperidine rings is 1. The molecule has 2 aliphatic heterocycles. The number of allylic oxidation sites excluding steroid dienone is 2. The molecule has 31 heavy (non-hydrogen) atoms. The summed E-state index contributed by atoms with van der Waals surface area (Å²) in [7, 11) is 0. The van der Waals surface area contributed by atoms with Gasteiger partial charge in [0.1, 0.15) is 6.04 Å². The number of fused-ring (bicyclic) bond motifs is 1. The Balaban J connectivity index is 1.39. The number of imide groups is 1. The summed E-state index contributed by atoms with van der Waals surface area (Å²) in [6.45, 7) is 2.70. The molecule has 0 aromatic heterocycles. The van der Waals surface area contributed by atoms with E-state index >= 15 is 0 Å². The van der Waals surface area contributed by atoms with Gasteiger partial charge in [0.05, 0.1) is 6.42 Å². The van der Waals surface area contributed by atoms with Crippen LogP contribution in [0.2, 0.25) is 0 Å². The summed E-state index contributed by atoms with van der Waals surface area (Å²) in [5.41, 5.74) is 4.45. The largest absolute Gasteiger partial charge is 0.352 e. The van der Waals surface area contributed by atoms with E-state index in [4.69, 9.17) is 0 Å². The lowest BCUT2D eigenvalue weighted by Gasteiger charge is -2.29. The summed E-state index contributed by atoms with van der Waals surface area (Å²) < 4.78 is 0. The molecule has 2 N–H and O–H groups in total. The molecule has 7 nitrogen and oxygen atoms in total. The molecule has 1 unspecified atom stereocenters. The van der Waals surface area contributed by atoms with E-state index in [-0.39, 0.29) is 24.1 Å². The monoisotopic (exact) mass is 419 g/mol. The molecule has 2 saturated heterocycles. The fourth-order valence-corrected chi connectivity index (χ4v) is 4.21. The van der Waals surface area contributed by atoms with Gasteiger partial charge in [-0.25, -0.2) is 0 Å². The lowest BCUT2D eigenvalue weighted by atomic mass is 10.0. The third-order valence-electron chi connectivity index (χ3n) is 5.76. The average Bonchev–Trinajstić information content (AvgIpc) is 2.89. The van der Waals surface area contributed by atoms with Crippen LogP contribution in [0.3, 0.4) is 0 Å². The lowest BCUT2D eigenvalue weighted by molar-refractivity contribution is -0.142. The molecule has 0 saturated carbocycles. The van der Waals surface area contributed by atoms with E-state index in [1.807, 2.05) is 49.4 Å². The first-order valence-electron chi connectivity index (χ1n) is 10.5. The van der Waals surface area contributed by atoms with Crippen LogP contribution in [0.4, 0.5) is 0 Å². The Hall–Kier alpha value is -3.48. The van der Waals surface area contributed by atoms with Gasteiger partial charge in [0, 0.05) is 25.1 Å². The summed E-state index contributed by atoms with van der Waals surface area (Å²) in [6, 6.07) is 7.24. The SMILES string of the molecule is Cc1cccc(CC(=O)NCC2=CCC=C3C(=O)N(C4CCC(=O)NC4=O)CC3=C2)c1. The van der Waals surface area contributed by atoms with Crippen LogP contribution in [-0.2, 0) is 25.6 Å². The maximum atomic E-state index is 12.9. The lowest BCUT2D eigenvalue weighted by Crippen LogP contribution is -2.52. The maximum absolute atomic E-state index is 12.9. The van der Waals surface area contributed by atoms with Crippen molar-refractivity contribution in [3.05, 3.63) is 70.3 Å². The molecule has 1 aliphatic carbocycles. The number of nitrogens with zero attached hydrogens (tertiary/aromatic N) is 1. The number of amides is 4. The predicted octanol–water partition coefficient (Wildman–Crippen LogP) is 1.48. The third-order valence-corrected chi connectivity index (χ3v) is 5.76. The highest BCUT2D eigenvalue weighted by Crippen LogP contribution is 2.30. The van der Waals surface area contributed by atoms with Crippen LogP contribution < -0.4 is 10.6 Å². The number of nitrogens with one attached hydrogen (secondary N) is 2. The minimum absolute atomic E-state index is 0.0602. The maximum Gasteiger partial charge on any atom is 0.254 e. The van der Waals surface area contributed by atoms with Gasteiger partial charge in [-0.3, -0.25) is 24.5 Å². The van der Waals surface area contributed by atoms with Gasteiger partial charge in [0.2, 0.25) is 17.7 Å². The Labute approximate surface area is 180 Å². The van der Waals surface area contributed by atoms with E-state index < -0.39 is 11.9 Å². The number of hydrogen-bond donors (Lipinski definition) is 2. The number of rotatable bonds is 5. The molecule has 0 spiro atoms. The molecular formula is C24H25N3O4. The number of benzene rings is 1. The van der Waals surface area contributed by atoms with Crippen molar-refractivity contribution in [2.45, 2.75) is 38.6 Å². The fraction of sp³-hybridized carbons (Fsp3) is 0.333. The van der Waals surface area contributed by atoms with Crippen molar-refractivity contribution in [3.8, 4) is 0 Å². The Bertz CT molecular complexity index is 1050. The minimum Gasteiger partial charge on any atom is -0.352 e. The van der Waals surface area contributed by atoms with E-state index in [1.54, 1.807) is 4.90 Å². The van der Waals surface area contributed by atoms with E-state index in [2.05, 4.69) is 10.6 Å². The summed E-state index contributed by atoms with van der Waals surface area (Å²) in [5, 5.41) is 5.27. The summed E-state index contributed by atoms with van der Waals surface area (Å²) in [4.78, 5) is 50.4. The van der Waals surface area contributed by atoms with Gasteiger partial charge >= 0.3 is 0 Å². The summed E-state index contributed by atoms with van der Waals surface area (Å²) >= 11 is 0. The Morgan fingerprint density at radius 3 is 2.84 bits per heavy atom. The fourth-order valence-electron chi connectivity index (χ4n) is 4.21. The van der Waals surface area contributed by atoms with Crippen molar-refractivity contribution in [3.63, 3.8) is 0 Å². The second kappa shape index (κ2) is 8.71. The van der Waals surface area contributed by atoms with Crippen LogP contribution in [-0.4, -0.2) is 47.7 Å². The second-order valence-corrected chi connectivity index (χ2v) is 8.14. The zero-order chi connectivity index (χ0) is 22.0. The average molecular weight is 419 g/mol. The second-order valence-electron chi connectivity index (χ2n) is 8.14. The van der Waals surface area contributed by atoms with Crippen LogP contribution in [0.1, 0.15) is 30.4 Å². The minimum atomic E-state index is -0.625. The molecular weight excluding hydrogens is 394 g/mol. The highest BCUT2D eigenvalue weighted by Gasteiger charge is 2.40. The Kier molecular flexibility index (Phi) is 5.84. The summed E-state index contributed by atoms with van der Waals surface area (Å²) in [6.07, 6.45) is 7.25. The van der Waals surface area contributed by atoms with Crippen molar-refractivity contribution in [1.82, 2.24) is 15.5 Å². The van der Waals surface area contributed by atoms with Gasteiger partial charge in [0.15, 0.2) is 0 Å². The highest BCUT2D eigenvalue weighted by molar-refractivity contribution is 6.07. The number of aryl methyl sites for hydroxylation is 1. The number of likely N-dealkylation sites (tertiary alicyclic amines) is 1. The Morgan fingerprint density at radius 2 is 2.06 bits per heavy atom. The molecule has 2 heterocycles. The van der Waals surface area contributed by atoms with Crippen molar-refractivity contribution in [2.75, 3.05) is 13.1 Å². The first kappa shape index (κ1) is 20.8. The first-order chi connectivity index (χ1) is 14.9. The number of hydrogen-bond acceptors (Lipinski definition) is 4. The first-order valence-corrected chi connectivity index (χ1v) is 10.5. The summed E-state index contributed by atoms with van der Waals surface area (Å²) in [5.74, 6) is -0.956. The molecule has 1 aromatic carbocycles. The number of carbonyl (C=O) groups is 4. The van der Waals surface area contributed by atoms with Gasteiger partial charge in [-0.1, -0.05) is 48.1 Å². The standard InChI is InChI=1S/C24H25N3O4/c1-15-4-2-5-16(10-15)12-22(29)25-13-17-6-3-7-19-18(11-17)14-27(24(19)31)20-8-9-21(28)26-23(20)30/h2,4-7,10-11,20H,3,8-9,12-14H2,1H3,(H,25,29)(H,26,28,30). The molecule has 0 radical (unpaired) electrons. The highest BCUT2D eigenvalue weighted by atomic mass is 16.2. The molecule has 160 valence electrons. The van der Waals surface area contributed by atoms with Crippen molar-refractivity contribution >= 4 is 23.6 Å². The van der Waals surface area contributed by atoms with Gasteiger partial charge < -0.3 is 10.2 Å². The third kappa shape index (κ3) is 4.66. The number of carbonyl (C=O) groups excluding carboxylic acids is 4. The zero-order valence-electron chi connectivity index (χ0n) is 17.4. The topological polar surface area (TPSA) is 95.6 Å². The molecule has 2 fully saturated rings. The molecule has 1 aromatic rings. The Morgan fingerprint density at radius 1 is 1.23 bits per heavy atom. The van der Waals surface area contributed by atoms with Gasteiger partial charge in [-0.2, -0.15) is 0 Å². The molecule has 7 heteroatoms. The van der Waals surface area contributed by atoms with Crippen LogP contribution in [0.15, 0.2) is 59.2 Å². The van der Waals surface area contributed by atoms with Gasteiger partial charge in [-0.15, -0.1) is 0 Å². The van der Waals surface area contributed by atoms with Crippen molar-refractivity contribution in [2.24, 2.45) is 0 Å². The van der Waals surface area contributed by atoms with Crippen LogP contribution in [0.25, 0.3) is 0 Å². The van der Waals surface area contributed by atoms with Crippen LogP contribution in [0, 0.1) is 6.92 Å². The van der Waals surface area contributed by atoms with Crippen molar-refractivity contribution in [1.29, 1.82) is 0 Å². The van der Waals surface area contributed by atoms with Crippen molar-refractivity contribution < 1.29 is 19.2 Å². The van der Waals surface area contributed by atoms with Gasteiger partial charge in [-0.05, 0) is 36.5 Å². The van der Waals surface area contributed by atoms with Gasteiger partial charge in [0.25, 0.3) is 5.91 Å². The predicted molar refractivity (Wildman–Crippen MR) is 115 cm³/mol. The van der Waals surface area contributed by atoms with E-state index in [0.29, 0.717) is 37.9 Å². The van der Waals surface area contributed by atoms with E-state index in [0.717, 1.165) is 22.3 Å².